The van der Waals surface area contributed by atoms with Crippen molar-refractivity contribution in [1.82, 2.24) is 35.4 Å². The number of amides is 1. The van der Waals surface area contributed by atoms with Gasteiger partial charge in [-0.25, -0.2) is 9.97 Å². The van der Waals surface area contributed by atoms with Crippen LogP contribution in [0.1, 0.15) is 62.5 Å². The smallest absolute Gasteiger partial charge is 0.273 e. The maximum Gasteiger partial charge on any atom is 0.273 e. The van der Waals surface area contributed by atoms with Crippen LogP contribution in [0.2, 0.25) is 0 Å². The van der Waals surface area contributed by atoms with Crippen molar-refractivity contribution in [1.29, 1.82) is 0 Å². The van der Waals surface area contributed by atoms with Gasteiger partial charge in [0.2, 0.25) is 5.89 Å². The lowest BCUT2D eigenvalue weighted by Gasteiger charge is -2.34. The molecule has 196 valence electrons. The van der Waals surface area contributed by atoms with Crippen LogP contribution in [0.15, 0.2) is 47.3 Å². The molecule has 0 atom stereocenters. The maximum absolute atomic E-state index is 12.9. The lowest BCUT2D eigenvalue weighted by atomic mass is 9.95. The Morgan fingerprint density at radius 3 is 2.71 bits per heavy atom. The first-order valence-electron chi connectivity index (χ1n) is 13.3. The highest BCUT2D eigenvalue weighted by Gasteiger charge is 2.24. The molecule has 4 aromatic heterocycles. The zero-order valence-electron chi connectivity index (χ0n) is 22.2. The molecule has 1 amide bonds. The van der Waals surface area contributed by atoms with Crippen LogP contribution in [0, 0.1) is 0 Å². The Morgan fingerprint density at radius 2 is 1.95 bits per heavy atom. The number of likely N-dealkylation sites (tertiary alicyclic amines) is 1. The van der Waals surface area contributed by atoms with Gasteiger partial charge in [0.1, 0.15) is 6.26 Å². The van der Waals surface area contributed by atoms with Crippen LogP contribution in [0.3, 0.4) is 0 Å². The van der Waals surface area contributed by atoms with E-state index in [2.05, 4.69) is 69.1 Å². The largest absolute Gasteiger partial charge is 0.444 e. The van der Waals surface area contributed by atoms with E-state index in [0.717, 1.165) is 59.0 Å². The second-order valence-electron chi connectivity index (χ2n) is 10.7. The zero-order valence-corrected chi connectivity index (χ0v) is 22.2. The fourth-order valence-electron chi connectivity index (χ4n) is 5.56. The van der Waals surface area contributed by atoms with Gasteiger partial charge in [0.05, 0.1) is 5.69 Å². The third kappa shape index (κ3) is 4.36. The lowest BCUT2D eigenvalue weighted by molar-refractivity contribution is 0.0895. The van der Waals surface area contributed by atoms with Crippen molar-refractivity contribution in [3.8, 4) is 22.7 Å². The number of carbonyl (C=O) groups excluding carboxylic acids is 1. The van der Waals surface area contributed by atoms with E-state index in [0.29, 0.717) is 23.3 Å². The van der Waals surface area contributed by atoms with Gasteiger partial charge in [-0.05, 0) is 62.4 Å². The second kappa shape index (κ2) is 9.72. The van der Waals surface area contributed by atoms with Crippen LogP contribution in [-0.2, 0) is 0 Å². The molecular formula is C29H33N7O2. The van der Waals surface area contributed by atoms with Gasteiger partial charge >= 0.3 is 0 Å². The number of aromatic amines is 2. The molecule has 9 nitrogen and oxygen atoms in total. The van der Waals surface area contributed by atoms with Crippen molar-refractivity contribution < 1.29 is 9.21 Å². The summed E-state index contributed by atoms with van der Waals surface area (Å²) in [6.45, 7) is 10.8. The number of fused-ring (bicyclic) bond motifs is 2. The summed E-state index contributed by atoms with van der Waals surface area (Å²) in [7, 11) is 0. The predicted molar refractivity (Wildman–Crippen MR) is 148 cm³/mol. The van der Waals surface area contributed by atoms with E-state index in [-0.39, 0.29) is 17.9 Å². The number of piperidine rings is 1. The summed E-state index contributed by atoms with van der Waals surface area (Å²) >= 11 is 0. The van der Waals surface area contributed by atoms with Crippen LogP contribution in [0.4, 0.5) is 0 Å². The number of carbonyl (C=O) groups is 1. The zero-order chi connectivity index (χ0) is 26.4. The van der Waals surface area contributed by atoms with Gasteiger partial charge in [-0.1, -0.05) is 13.8 Å². The number of rotatable bonds is 6. The molecule has 6 rings (SSSR count). The van der Waals surface area contributed by atoms with Crippen LogP contribution < -0.4 is 5.32 Å². The van der Waals surface area contributed by atoms with Gasteiger partial charge < -0.3 is 19.6 Å². The van der Waals surface area contributed by atoms with Crippen molar-refractivity contribution in [2.24, 2.45) is 0 Å². The maximum atomic E-state index is 12.9. The summed E-state index contributed by atoms with van der Waals surface area (Å²) in [6, 6.07) is 8.82. The fourth-order valence-corrected chi connectivity index (χ4v) is 5.56. The number of hydrogen-bond acceptors (Lipinski definition) is 6. The molecular weight excluding hydrogens is 478 g/mol. The number of H-pyrrole nitrogens is 2. The molecule has 3 N–H and O–H groups in total. The standard InChI is InChI=1S/C29H33N7O2/c1-16(2)25-21-13-18(5-6-23(21)33-26(25)20-7-10-30-27-22(20)14-31-35-27)29-34-24(15-38-29)28(37)32-19-8-11-36(12-9-19)17(3)4/h5-7,10,13-17,19,33H,8-9,11-12H2,1-4H3,(H,32,37)(H,30,31,35). The van der Waals surface area contributed by atoms with Crippen LogP contribution in [0.5, 0.6) is 0 Å². The molecule has 1 aliphatic rings. The Bertz CT molecular complexity index is 1600. The summed E-state index contributed by atoms with van der Waals surface area (Å²) in [4.78, 5) is 27.9. The number of nitrogens with zero attached hydrogens (tertiary/aromatic N) is 4. The predicted octanol–water partition coefficient (Wildman–Crippen LogP) is 5.49. The molecule has 9 heteroatoms. The van der Waals surface area contributed by atoms with Crippen LogP contribution in [-0.4, -0.2) is 61.1 Å². The van der Waals surface area contributed by atoms with E-state index in [1.165, 1.54) is 11.8 Å². The third-order valence-electron chi connectivity index (χ3n) is 7.61. The van der Waals surface area contributed by atoms with E-state index in [9.17, 15) is 4.79 Å². The lowest BCUT2D eigenvalue weighted by Crippen LogP contribution is -2.46. The van der Waals surface area contributed by atoms with Crippen molar-refractivity contribution in [2.75, 3.05) is 13.1 Å². The van der Waals surface area contributed by atoms with E-state index >= 15 is 0 Å². The Morgan fingerprint density at radius 1 is 1.13 bits per heavy atom. The van der Waals surface area contributed by atoms with Gasteiger partial charge in [0.15, 0.2) is 11.3 Å². The van der Waals surface area contributed by atoms with Crippen LogP contribution >= 0.6 is 0 Å². The van der Waals surface area contributed by atoms with Gasteiger partial charge in [-0.3, -0.25) is 9.89 Å². The quantitative estimate of drug-likeness (QED) is 0.278. The minimum absolute atomic E-state index is 0.163. The molecule has 0 unspecified atom stereocenters. The molecule has 0 bridgehead atoms. The fraction of sp³-hybridized carbons (Fsp3) is 0.379. The number of pyridine rings is 1. The summed E-state index contributed by atoms with van der Waals surface area (Å²) in [6.07, 6.45) is 7.01. The first kappa shape index (κ1) is 24.4. The monoisotopic (exact) mass is 511 g/mol. The van der Waals surface area contributed by atoms with E-state index in [1.807, 2.05) is 24.4 Å². The number of hydrogen-bond donors (Lipinski definition) is 3. The SMILES string of the molecule is CC(C)c1c(-c2ccnc3n[nH]cc23)[nH]c2ccc(-c3nc(C(=O)NC4CCN(C(C)C)CC4)co3)cc12. The highest BCUT2D eigenvalue weighted by atomic mass is 16.3. The van der Waals surface area contributed by atoms with Crippen LogP contribution in [0.25, 0.3) is 44.6 Å². The number of aromatic nitrogens is 5. The highest BCUT2D eigenvalue weighted by Crippen LogP contribution is 2.39. The van der Waals surface area contributed by atoms with E-state index in [4.69, 9.17) is 4.42 Å². The molecule has 1 fully saturated rings. The topological polar surface area (TPSA) is 116 Å². The molecule has 5 heterocycles. The van der Waals surface area contributed by atoms with Crippen molar-refractivity contribution in [2.45, 2.75) is 58.5 Å². The van der Waals surface area contributed by atoms with Gasteiger partial charge in [0.25, 0.3) is 5.91 Å². The third-order valence-corrected chi connectivity index (χ3v) is 7.61. The number of benzene rings is 1. The summed E-state index contributed by atoms with van der Waals surface area (Å²) in [5.41, 5.74) is 6.16. The molecule has 1 saturated heterocycles. The molecule has 1 aliphatic heterocycles. The van der Waals surface area contributed by atoms with Crippen molar-refractivity contribution >= 4 is 27.8 Å². The Hall–Kier alpha value is -3.98. The first-order valence-corrected chi connectivity index (χ1v) is 13.3. The Labute approximate surface area is 221 Å². The van der Waals surface area contributed by atoms with E-state index in [1.54, 1.807) is 6.20 Å². The summed E-state index contributed by atoms with van der Waals surface area (Å²) in [5.74, 6) is 0.514. The molecule has 1 aromatic carbocycles. The average molecular weight is 512 g/mol. The first-order chi connectivity index (χ1) is 18.4. The number of nitrogens with one attached hydrogen (secondary N) is 3. The van der Waals surface area contributed by atoms with Gasteiger partial charge in [-0.2, -0.15) is 5.10 Å². The molecule has 0 spiro atoms. The molecule has 0 aliphatic carbocycles. The molecule has 5 aromatic rings. The van der Waals surface area contributed by atoms with Crippen molar-refractivity contribution in [3.63, 3.8) is 0 Å². The van der Waals surface area contributed by atoms with E-state index < -0.39 is 0 Å². The molecule has 0 radical (unpaired) electrons. The molecule has 0 saturated carbocycles. The highest BCUT2D eigenvalue weighted by molar-refractivity contribution is 5.99. The minimum atomic E-state index is -0.183. The minimum Gasteiger partial charge on any atom is -0.444 e. The number of oxazole rings is 1. The molecule has 38 heavy (non-hydrogen) atoms. The Kier molecular flexibility index (Phi) is 6.23. The van der Waals surface area contributed by atoms with Crippen molar-refractivity contribution in [3.05, 3.63) is 54.2 Å². The summed E-state index contributed by atoms with van der Waals surface area (Å²) < 4.78 is 5.79. The second-order valence-corrected chi connectivity index (χ2v) is 10.7. The van der Waals surface area contributed by atoms with Gasteiger partial charge in [-0.15, -0.1) is 0 Å². The van der Waals surface area contributed by atoms with Gasteiger partial charge in [0, 0.05) is 65.0 Å². The summed E-state index contributed by atoms with van der Waals surface area (Å²) in [5, 5.41) is 12.4. The Balaban J connectivity index is 1.28. The average Bonchev–Trinajstić information content (AvgIpc) is 3.66. The normalized spacial score (nSPS) is 15.3.